The van der Waals surface area contributed by atoms with Gasteiger partial charge in [0.15, 0.2) is 0 Å². The van der Waals surface area contributed by atoms with Gasteiger partial charge in [0.1, 0.15) is 0 Å². The average Bonchev–Trinajstić information content (AvgIpc) is 2.46. The second kappa shape index (κ2) is 5.45. The number of aryl methyl sites for hydroxylation is 2. The van der Waals surface area contributed by atoms with Crippen LogP contribution in [0.4, 0.5) is 11.4 Å². The van der Waals surface area contributed by atoms with Crippen molar-refractivity contribution >= 4 is 29.0 Å². The lowest BCUT2D eigenvalue weighted by Gasteiger charge is -2.29. The molecule has 2 aromatic carbocycles. The van der Waals surface area contributed by atoms with Crippen LogP contribution in [0.15, 0.2) is 41.3 Å². The molecule has 0 fully saturated rings. The molecule has 0 unspecified atom stereocenters. The van der Waals surface area contributed by atoms with Gasteiger partial charge < -0.3 is 10.6 Å². The van der Waals surface area contributed by atoms with E-state index in [1.165, 1.54) is 5.56 Å². The molecule has 1 amide bonds. The van der Waals surface area contributed by atoms with Crippen LogP contribution in [0.1, 0.15) is 21.5 Å². The molecule has 0 radical (unpaired) electrons. The first-order chi connectivity index (χ1) is 10.1. The maximum atomic E-state index is 12.9. The fourth-order valence-electron chi connectivity index (χ4n) is 2.64. The molecule has 108 valence electrons. The third kappa shape index (κ3) is 2.63. The van der Waals surface area contributed by atoms with Crippen molar-refractivity contribution in [3.63, 3.8) is 0 Å². The summed E-state index contributed by atoms with van der Waals surface area (Å²) in [6.45, 7) is 4.74. The van der Waals surface area contributed by atoms with Crippen molar-refractivity contribution in [3.05, 3.63) is 53.1 Å². The first-order valence-electron chi connectivity index (χ1n) is 6.98. The summed E-state index contributed by atoms with van der Waals surface area (Å²) in [4.78, 5) is 15.8. The molecule has 0 saturated heterocycles. The summed E-state index contributed by atoms with van der Waals surface area (Å²) < 4.78 is 0. The molecule has 0 spiro atoms. The summed E-state index contributed by atoms with van der Waals surface area (Å²) in [6, 6.07) is 11.7. The van der Waals surface area contributed by atoms with E-state index in [4.69, 9.17) is 5.73 Å². The zero-order chi connectivity index (χ0) is 15.0. The summed E-state index contributed by atoms with van der Waals surface area (Å²) in [5, 5.41) is 0. The predicted octanol–water partition coefficient (Wildman–Crippen LogP) is 3.64. The van der Waals surface area contributed by atoms with Gasteiger partial charge in [-0.3, -0.25) is 4.79 Å². The van der Waals surface area contributed by atoms with Crippen molar-refractivity contribution in [2.45, 2.75) is 18.7 Å². The number of hydrogen-bond acceptors (Lipinski definition) is 3. The topological polar surface area (TPSA) is 46.3 Å². The minimum absolute atomic E-state index is 0.0552. The van der Waals surface area contributed by atoms with Crippen molar-refractivity contribution in [3.8, 4) is 0 Å². The largest absolute Gasteiger partial charge is 0.399 e. The number of fused-ring (bicyclic) bond motifs is 1. The van der Waals surface area contributed by atoms with E-state index in [1.54, 1.807) is 11.8 Å². The summed E-state index contributed by atoms with van der Waals surface area (Å²) in [7, 11) is 0. The van der Waals surface area contributed by atoms with Crippen molar-refractivity contribution < 1.29 is 4.79 Å². The van der Waals surface area contributed by atoms with E-state index in [1.807, 2.05) is 55.1 Å². The molecule has 2 N–H and O–H groups in total. The number of nitrogen functional groups attached to an aromatic ring is 1. The maximum absolute atomic E-state index is 12.9. The Balaban J connectivity index is 2.02. The first kappa shape index (κ1) is 14.0. The minimum atomic E-state index is 0.0552. The lowest BCUT2D eigenvalue weighted by molar-refractivity contribution is 0.0987. The molecule has 1 aliphatic rings. The van der Waals surface area contributed by atoms with Crippen molar-refractivity contribution in [2.24, 2.45) is 0 Å². The number of nitrogens with zero attached hydrogens (tertiary/aromatic N) is 1. The minimum Gasteiger partial charge on any atom is -0.399 e. The Morgan fingerprint density at radius 1 is 1.19 bits per heavy atom. The van der Waals surface area contributed by atoms with E-state index in [-0.39, 0.29) is 5.91 Å². The van der Waals surface area contributed by atoms with Crippen LogP contribution < -0.4 is 10.6 Å². The normalized spacial score (nSPS) is 13.9. The van der Waals surface area contributed by atoms with Crippen LogP contribution in [0.3, 0.4) is 0 Å². The van der Waals surface area contributed by atoms with Crippen LogP contribution in [0.2, 0.25) is 0 Å². The van der Waals surface area contributed by atoms with Crippen LogP contribution in [-0.2, 0) is 0 Å². The Kier molecular flexibility index (Phi) is 3.64. The van der Waals surface area contributed by atoms with Gasteiger partial charge in [-0.05, 0) is 43.7 Å². The number of benzene rings is 2. The number of anilines is 2. The van der Waals surface area contributed by atoms with Crippen molar-refractivity contribution in [1.29, 1.82) is 0 Å². The predicted molar refractivity (Wildman–Crippen MR) is 89.2 cm³/mol. The lowest BCUT2D eigenvalue weighted by Crippen LogP contribution is -2.35. The van der Waals surface area contributed by atoms with E-state index in [0.717, 1.165) is 27.5 Å². The number of carbonyl (C=O) groups excluding carboxylic acids is 1. The van der Waals surface area contributed by atoms with Crippen LogP contribution in [-0.4, -0.2) is 18.2 Å². The van der Waals surface area contributed by atoms with Gasteiger partial charge in [0.25, 0.3) is 5.91 Å². The molecule has 1 heterocycles. The Labute approximate surface area is 129 Å². The Hall–Kier alpha value is -1.94. The molecule has 0 bridgehead atoms. The second-order valence-electron chi connectivity index (χ2n) is 5.35. The van der Waals surface area contributed by atoms with Gasteiger partial charge in [-0.2, -0.15) is 0 Å². The van der Waals surface area contributed by atoms with Gasteiger partial charge in [0.2, 0.25) is 0 Å². The second-order valence-corrected chi connectivity index (χ2v) is 6.49. The number of carbonyl (C=O) groups is 1. The van der Waals surface area contributed by atoms with Gasteiger partial charge in [-0.25, -0.2) is 0 Å². The van der Waals surface area contributed by atoms with E-state index in [2.05, 4.69) is 0 Å². The Bertz CT molecular complexity index is 712. The molecule has 0 saturated carbocycles. The van der Waals surface area contributed by atoms with Gasteiger partial charge in [0.05, 0.1) is 5.69 Å². The highest BCUT2D eigenvalue weighted by molar-refractivity contribution is 7.99. The number of amides is 1. The fourth-order valence-corrected chi connectivity index (χ4v) is 3.62. The zero-order valence-electron chi connectivity index (χ0n) is 12.2. The summed E-state index contributed by atoms with van der Waals surface area (Å²) in [6.07, 6.45) is 0. The highest BCUT2D eigenvalue weighted by atomic mass is 32.2. The van der Waals surface area contributed by atoms with Crippen LogP contribution in [0, 0.1) is 13.8 Å². The van der Waals surface area contributed by atoms with Crippen molar-refractivity contribution in [2.75, 3.05) is 22.9 Å². The molecule has 1 aliphatic heterocycles. The van der Waals surface area contributed by atoms with Crippen LogP contribution in [0.25, 0.3) is 0 Å². The van der Waals surface area contributed by atoms with Gasteiger partial charge in [-0.1, -0.05) is 17.7 Å². The number of hydrogen-bond donors (Lipinski definition) is 1. The third-order valence-electron chi connectivity index (χ3n) is 3.70. The maximum Gasteiger partial charge on any atom is 0.258 e. The van der Waals surface area contributed by atoms with Gasteiger partial charge in [-0.15, -0.1) is 11.8 Å². The SMILES string of the molecule is Cc1ccc(C(=O)N2CCSc3ccc(N)cc32)c(C)c1. The molecule has 0 aromatic heterocycles. The highest BCUT2D eigenvalue weighted by Crippen LogP contribution is 2.37. The van der Waals surface area contributed by atoms with Gasteiger partial charge in [0, 0.05) is 28.4 Å². The zero-order valence-corrected chi connectivity index (χ0v) is 13.0. The summed E-state index contributed by atoms with van der Waals surface area (Å²) >= 11 is 1.77. The third-order valence-corrected chi connectivity index (χ3v) is 4.75. The molecular formula is C17H18N2OS. The molecule has 0 aliphatic carbocycles. The van der Waals surface area contributed by atoms with E-state index in [9.17, 15) is 4.79 Å². The molecule has 0 atom stereocenters. The number of thioether (sulfide) groups is 1. The van der Waals surface area contributed by atoms with E-state index in [0.29, 0.717) is 12.2 Å². The molecule has 2 aromatic rings. The Morgan fingerprint density at radius 2 is 2.00 bits per heavy atom. The summed E-state index contributed by atoms with van der Waals surface area (Å²) in [5.41, 5.74) is 10.5. The van der Waals surface area contributed by atoms with E-state index < -0.39 is 0 Å². The number of rotatable bonds is 1. The van der Waals surface area contributed by atoms with E-state index >= 15 is 0 Å². The summed E-state index contributed by atoms with van der Waals surface area (Å²) in [5.74, 6) is 0.966. The molecule has 21 heavy (non-hydrogen) atoms. The highest BCUT2D eigenvalue weighted by Gasteiger charge is 2.25. The first-order valence-corrected chi connectivity index (χ1v) is 7.96. The molecule has 4 heteroatoms. The van der Waals surface area contributed by atoms with Crippen LogP contribution in [0.5, 0.6) is 0 Å². The molecular weight excluding hydrogens is 280 g/mol. The van der Waals surface area contributed by atoms with Crippen LogP contribution >= 0.6 is 11.8 Å². The molecule has 3 nitrogen and oxygen atoms in total. The van der Waals surface area contributed by atoms with Crippen molar-refractivity contribution in [1.82, 2.24) is 0 Å². The Morgan fingerprint density at radius 3 is 2.76 bits per heavy atom. The quantitative estimate of drug-likeness (QED) is 0.818. The lowest BCUT2D eigenvalue weighted by atomic mass is 10.0. The smallest absolute Gasteiger partial charge is 0.258 e. The molecule has 3 rings (SSSR count). The monoisotopic (exact) mass is 298 g/mol. The fraction of sp³-hybridized carbons (Fsp3) is 0.235. The standard InChI is InChI=1S/C17H18N2OS/c1-11-3-5-14(12(2)9-11)17(20)19-7-8-21-16-6-4-13(18)10-15(16)19/h3-6,9-10H,7-8,18H2,1-2H3. The van der Waals surface area contributed by atoms with Gasteiger partial charge >= 0.3 is 0 Å². The number of nitrogens with two attached hydrogens (primary N) is 1. The average molecular weight is 298 g/mol.